The van der Waals surface area contributed by atoms with E-state index < -0.39 is 121 Å². The van der Waals surface area contributed by atoms with Crippen LogP contribution in [0.5, 0.6) is 0 Å². The molecule has 76 heavy (non-hydrogen) atoms. The predicted molar refractivity (Wildman–Crippen MR) is 266 cm³/mol. The van der Waals surface area contributed by atoms with E-state index in [0.717, 1.165) is 39.2 Å². The van der Waals surface area contributed by atoms with E-state index in [1.807, 2.05) is 0 Å². The minimum Gasteiger partial charge on any atom is -0.463 e. The van der Waals surface area contributed by atoms with Crippen molar-refractivity contribution in [1.82, 2.24) is 39.2 Å². The van der Waals surface area contributed by atoms with Crippen molar-refractivity contribution in [3.63, 3.8) is 0 Å². The third-order valence-corrected chi connectivity index (χ3v) is 16.0. The molecular weight excluding hydrogens is 989 g/mol. The number of ether oxygens (including phenoxy) is 4. The van der Waals surface area contributed by atoms with Crippen LogP contribution in [-0.4, -0.2) is 161 Å². The highest BCUT2D eigenvalue weighted by atomic mass is 16.6. The SMILES string of the molecule is CCOC(=O)[C@@]12N3CN4C(=O)N5Cc6c(C)cc(NC(=O)C(C)(C)C)c(C)c6CN6C(=O)N(CN1C(=O)N1Cc7c(C)c(NC(=O)C(C)(C)C)cc(C)c7CN(C3=O)[C@@]12C(=O)OCC)[C@@]4(C(=O)OCC)[C@]56C(=O)OCC. The Morgan fingerprint density at radius 2 is 0.671 bits per heavy atom. The molecule has 2 N–H and O–H groups in total. The molecule has 24 nitrogen and oxygen atoms in total. The van der Waals surface area contributed by atoms with Crippen LogP contribution in [0, 0.1) is 38.5 Å². The second kappa shape index (κ2) is 17.4. The van der Waals surface area contributed by atoms with Crippen LogP contribution in [0.1, 0.15) is 114 Å². The fourth-order valence-corrected chi connectivity index (χ4v) is 12.3. The van der Waals surface area contributed by atoms with Crippen LogP contribution in [0.3, 0.4) is 0 Å². The lowest BCUT2D eigenvalue weighted by atomic mass is 9.88. The first-order chi connectivity index (χ1) is 35.6. The van der Waals surface area contributed by atoms with Gasteiger partial charge >= 0.3 is 48.0 Å². The number of fused-ring (bicyclic) bond motifs is 2. The number of urea groups is 4. The molecule has 7 aliphatic heterocycles. The maximum Gasteiger partial charge on any atom is 0.359 e. The van der Waals surface area contributed by atoms with Crippen LogP contribution in [0.25, 0.3) is 0 Å². The number of esters is 4. The summed E-state index contributed by atoms with van der Waals surface area (Å²) in [6, 6.07) is -1.03. The molecule has 2 aromatic rings. The van der Waals surface area contributed by atoms with Crippen molar-refractivity contribution in [2.24, 2.45) is 10.8 Å². The van der Waals surface area contributed by atoms with Gasteiger partial charge in [-0.3, -0.25) is 48.8 Å². The maximum atomic E-state index is 16.2. The molecule has 4 atom stereocenters. The third kappa shape index (κ3) is 6.40. The van der Waals surface area contributed by atoms with Gasteiger partial charge in [0.2, 0.25) is 11.8 Å². The molecule has 5 fully saturated rings. The minimum atomic E-state index is -2.96. The number of amides is 10. The lowest BCUT2D eigenvalue weighted by Crippen LogP contribution is -2.81. The molecular formula is C52H66N10O14. The summed E-state index contributed by atoms with van der Waals surface area (Å²) in [7, 11) is 0. The molecule has 0 spiro atoms. The number of hydrogen-bond acceptors (Lipinski definition) is 14. The number of nitrogens with zero attached hydrogens (tertiary/aromatic N) is 8. The van der Waals surface area contributed by atoms with Crippen molar-refractivity contribution in [2.45, 2.75) is 146 Å². The first kappa shape index (κ1) is 53.2. The van der Waals surface area contributed by atoms with Crippen molar-refractivity contribution in [3.8, 4) is 0 Å². The van der Waals surface area contributed by atoms with Crippen molar-refractivity contribution in [2.75, 3.05) is 50.4 Å². The Bertz CT molecular complexity index is 2810. The molecule has 24 heteroatoms. The molecule has 10 amide bonds. The number of aryl methyl sites for hydroxylation is 2. The van der Waals surface area contributed by atoms with E-state index in [4.69, 9.17) is 18.9 Å². The summed E-state index contributed by atoms with van der Waals surface area (Å²) in [5.74, 6) is -5.78. The van der Waals surface area contributed by atoms with Gasteiger partial charge in [0, 0.05) is 22.2 Å². The van der Waals surface area contributed by atoms with Gasteiger partial charge in [0.25, 0.3) is 22.7 Å². The molecule has 0 bridgehead atoms. The summed E-state index contributed by atoms with van der Waals surface area (Å²) in [4.78, 5) is 161. The molecule has 7 heterocycles. The average Bonchev–Trinajstić information content (AvgIpc) is 3.70. The molecule has 408 valence electrons. The van der Waals surface area contributed by atoms with E-state index in [1.165, 1.54) is 27.7 Å². The molecule has 5 saturated heterocycles. The molecule has 0 radical (unpaired) electrons. The second-order valence-electron chi connectivity index (χ2n) is 22.1. The van der Waals surface area contributed by atoms with Crippen molar-refractivity contribution >= 4 is 71.2 Å². The number of carbonyl (C=O) groups excluding carboxylic acids is 10. The predicted octanol–water partition coefficient (Wildman–Crippen LogP) is 4.53. The largest absolute Gasteiger partial charge is 0.463 e. The lowest BCUT2D eigenvalue weighted by Gasteiger charge is -2.51. The Balaban J connectivity index is 1.34. The first-order valence-electron chi connectivity index (χ1n) is 25.5. The third-order valence-electron chi connectivity index (χ3n) is 16.0. The first-order valence-corrected chi connectivity index (χ1v) is 25.5. The van der Waals surface area contributed by atoms with Crippen LogP contribution in [0.2, 0.25) is 0 Å². The van der Waals surface area contributed by atoms with Gasteiger partial charge in [-0.1, -0.05) is 41.5 Å². The van der Waals surface area contributed by atoms with Gasteiger partial charge in [-0.05, 0) is 112 Å². The van der Waals surface area contributed by atoms with Crippen molar-refractivity contribution in [1.29, 1.82) is 0 Å². The Labute approximate surface area is 439 Å². The standard InChI is InChI=1S/C52H66N10O14/c1-15-73-39(65)49-51(41(67)75-17-3)59-25-60-44(70)56-22-32-28(6)20-36(54-38(64)48(12,13)14)30(8)34(32)24-58-46(72)62(52(60,42(68)76-18-4)50(56,58)40(66)74-16-2)26-61(51)45(71)57(49)23-33-29(7)35(53-37(63)47(9,10)11)19-27(5)31(33)21-55(49)43(59)69/h19-20H,15-18,21-26H2,1-14H3,(H,53,63)(H,54,64)/t49-,50+,51+,52-. The van der Waals surface area contributed by atoms with Crippen LogP contribution in [0.4, 0.5) is 30.6 Å². The van der Waals surface area contributed by atoms with Gasteiger partial charge in [-0.25, -0.2) is 38.4 Å². The highest BCUT2D eigenvalue weighted by molar-refractivity contribution is 6.13. The van der Waals surface area contributed by atoms with Gasteiger partial charge in [-0.15, -0.1) is 0 Å². The smallest absolute Gasteiger partial charge is 0.359 e. The molecule has 0 saturated carbocycles. The summed E-state index contributed by atoms with van der Waals surface area (Å²) in [5.41, 5.74) is -8.66. The number of benzene rings is 2. The normalized spacial score (nSPS) is 25.0. The minimum absolute atomic E-state index is 0.314. The quantitative estimate of drug-likeness (QED) is 0.245. The van der Waals surface area contributed by atoms with Crippen LogP contribution >= 0.6 is 0 Å². The molecule has 7 aliphatic rings. The Morgan fingerprint density at radius 3 is 0.908 bits per heavy atom. The summed E-state index contributed by atoms with van der Waals surface area (Å²) >= 11 is 0. The van der Waals surface area contributed by atoms with Gasteiger partial charge in [0.15, 0.2) is 0 Å². The highest BCUT2D eigenvalue weighted by Gasteiger charge is 2.93. The summed E-state index contributed by atoms with van der Waals surface area (Å²) in [6.45, 7) is 17.7. The van der Waals surface area contributed by atoms with Crippen molar-refractivity contribution < 1.29 is 66.9 Å². The number of rotatable bonds is 10. The fourth-order valence-electron chi connectivity index (χ4n) is 12.3. The molecule has 9 rings (SSSR count). The van der Waals surface area contributed by atoms with Gasteiger partial charge < -0.3 is 29.6 Å². The van der Waals surface area contributed by atoms with Gasteiger partial charge in [0.05, 0.1) is 52.6 Å². The summed E-state index contributed by atoms with van der Waals surface area (Å²) < 4.78 is 23.4. The Hall–Kier alpha value is -7.66. The van der Waals surface area contributed by atoms with E-state index in [1.54, 1.807) is 81.4 Å². The lowest BCUT2D eigenvalue weighted by molar-refractivity contribution is -0.209. The zero-order valence-corrected chi connectivity index (χ0v) is 45.5. The van der Waals surface area contributed by atoms with E-state index in [0.29, 0.717) is 55.9 Å². The molecule has 0 aromatic heterocycles. The average molecular weight is 1060 g/mol. The highest BCUT2D eigenvalue weighted by Crippen LogP contribution is 2.62. The molecule has 0 unspecified atom stereocenters. The second-order valence-corrected chi connectivity index (χ2v) is 22.1. The number of anilines is 2. The monoisotopic (exact) mass is 1050 g/mol. The number of carbonyl (C=O) groups is 10. The van der Waals surface area contributed by atoms with Crippen LogP contribution in [-0.2, 0) is 73.9 Å². The van der Waals surface area contributed by atoms with Gasteiger partial charge in [0.1, 0.15) is 13.3 Å². The Kier molecular flexibility index (Phi) is 12.2. The number of hydrogen-bond donors (Lipinski definition) is 2. The summed E-state index contributed by atoms with van der Waals surface area (Å²) in [5, 5.41) is 5.95. The zero-order valence-electron chi connectivity index (χ0n) is 45.5. The molecule has 0 aliphatic carbocycles. The van der Waals surface area contributed by atoms with E-state index >= 15 is 38.4 Å². The van der Waals surface area contributed by atoms with E-state index in [-0.39, 0.29) is 38.2 Å². The fraction of sp³-hybridized carbons (Fsp3) is 0.577. The topological polar surface area (TPSA) is 258 Å². The van der Waals surface area contributed by atoms with Crippen LogP contribution < -0.4 is 10.6 Å². The number of nitrogens with one attached hydrogen (secondary N) is 2. The maximum absolute atomic E-state index is 16.2. The van der Waals surface area contributed by atoms with E-state index in [2.05, 4.69) is 10.6 Å². The van der Waals surface area contributed by atoms with E-state index in [9.17, 15) is 9.59 Å². The molecule has 2 aromatic carbocycles. The summed E-state index contributed by atoms with van der Waals surface area (Å²) in [6.07, 6.45) is 0. The van der Waals surface area contributed by atoms with Gasteiger partial charge in [-0.2, -0.15) is 0 Å². The zero-order chi connectivity index (χ0) is 55.9. The Morgan fingerprint density at radius 1 is 0.434 bits per heavy atom. The van der Waals surface area contributed by atoms with Crippen molar-refractivity contribution in [3.05, 3.63) is 56.6 Å². The van der Waals surface area contributed by atoms with Crippen LogP contribution in [0.15, 0.2) is 12.1 Å².